The molecule has 1 N–H and O–H groups in total. The number of aromatic nitrogens is 3. The average molecular weight is 285 g/mol. The predicted molar refractivity (Wildman–Crippen MR) is 78.7 cm³/mol. The minimum atomic E-state index is -0.716. The first-order valence-electron chi connectivity index (χ1n) is 6.39. The molecule has 2 heterocycles. The lowest BCUT2D eigenvalue weighted by Gasteiger charge is -2.12. The molecule has 0 aliphatic heterocycles. The zero-order chi connectivity index (χ0) is 13.9. The molecular formula is C15H15N3OS. The summed E-state index contributed by atoms with van der Waals surface area (Å²) in [7, 11) is 0. The Bertz CT molecular complexity index is 690. The molecule has 0 amide bonds. The van der Waals surface area contributed by atoms with Gasteiger partial charge in [0.1, 0.15) is 16.9 Å². The van der Waals surface area contributed by atoms with E-state index in [-0.39, 0.29) is 0 Å². The van der Waals surface area contributed by atoms with Crippen molar-refractivity contribution in [1.29, 1.82) is 0 Å². The van der Waals surface area contributed by atoms with Crippen molar-refractivity contribution in [2.24, 2.45) is 0 Å². The number of imidazole rings is 1. The summed E-state index contributed by atoms with van der Waals surface area (Å²) in [6, 6.07) is 9.56. The average Bonchev–Trinajstić information content (AvgIpc) is 3.09. The lowest BCUT2D eigenvalue weighted by Crippen LogP contribution is -2.10. The van der Waals surface area contributed by atoms with Crippen LogP contribution in [0.25, 0.3) is 0 Å². The van der Waals surface area contributed by atoms with Crippen molar-refractivity contribution in [3.63, 3.8) is 0 Å². The summed E-state index contributed by atoms with van der Waals surface area (Å²) in [5.74, 6) is 0.643. The van der Waals surface area contributed by atoms with Crippen LogP contribution in [0.1, 0.15) is 28.2 Å². The third-order valence-electron chi connectivity index (χ3n) is 3.08. The molecular weight excluding hydrogens is 270 g/mol. The van der Waals surface area contributed by atoms with Crippen molar-refractivity contribution in [3.8, 4) is 0 Å². The van der Waals surface area contributed by atoms with Crippen molar-refractivity contribution in [1.82, 2.24) is 14.5 Å². The highest BCUT2D eigenvalue weighted by Crippen LogP contribution is 2.21. The maximum atomic E-state index is 10.4. The highest BCUT2D eigenvalue weighted by atomic mass is 32.1. The van der Waals surface area contributed by atoms with Gasteiger partial charge in [0.2, 0.25) is 0 Å². The lowest BCUT2D eigenvalue weighted by molar-refractivity contribution is 0.205. The molecule has 0 radical (unpaired) electrons. The Morgan fingerprint density at radius 3 is 2.80 bits per heavy atom. The fourth-order valence-corrected chi connectivity index (χ4v) is 2.88. The molecule has 102 valence electrons. The van der Waals surface area contributed by atoms with Crippen molar-refractivity contribution in [2.75, 3.05) is 0 Å². The van der Waals surface area contributed by atoms with E-state index in [0.717, 1.165) is 16.3 Å². The molecule has 1 unspecified atom stereocenters. The van der Waals surface area contributed by atoms with Gasteiger partial charge in [-0.3, -0.25) is 0 Å². The molecule has 0 fully saturated rings. The van der Waals surface area contributed by atoms with Crippen LogP contribution in [-0.2, 0) is 6.54 Å². The molecule has 20 heavy (non-hydrogen) atoms. The Hall–Kier alpha value is -1.98. The van der Waals surface area contributed by atoms with Gasteiger partial charge in [-0.05, 0) is 12.5 Å². The van der Waals surface area contributed by atoms with Crippen LogP contribution in [0, 0.1) is 6.92 Å². The minimum absolute atomic E-state index is 0.637. The molecule has 0 aliphatic carbocycles. The van der Waals surface area contributed by atoms with Gasteiger partial charge in [-0.1, -0.05) is 30.3 Å². The van der Waals surface area contributed by atoms with E-state index in [1.54, 1.807) is 17.5 Å². The number of hydrogen-bond acceptors (Lipinski definition) is 4. The quantitative estimate of drug-likeness (QED) is 0.802. The Morgan fingerprint density at radius 2 is 2.10 bits per heavy atom. The van der Waals surface area contributed by atoms with E-state index in [1.807, 2.05) is 53.4 Å². The summed E-state index contributed by atoms with van der Waals surface area (Å²) in [5, 5.41) is 13.5. The largest absolute Gasteiger partial charge is 0.380 e. The van der Waals surface area contributed by atoms with Crippen molar-refractivity contribution < 1.29 is 5.11 Å². The van der Waals surface area contributed by atoms with Gasteiger partial charge in [-0.25, -0.2) is 9.97 Å². The molecule has 1 atom stereocenters. The number of nitrogens with zero attached hydrogens (tertiary/aromatic N) is 3. The number of rotatable bonds is 4. The smallest absolute Gasteiger partial charge is 0.142 e. The molecule has 0 saturated carbocycles. The van der Waals surface area contributed by atoms with Crippen LogP contribution in [-0.4, -0.2) is 19.6 Å². The first-order chi connectivity index (χ1) is 9.74. The molecule has 5 heteroatoms. The van der Waals surface area contributed by atoms with E-state index in [0.29, 0.717) is 12.4 Å². The third-order valence-corrected chi connectivity index (χ3v) is 4.03. The summed E-state index contributed by atoms with van der Waals surface area (Å²) in [6.45, 7) is 2.62. The fourth-order valence-electron chi connectivity index (χ4n) is 2.11. The number of aryl methyl sites for hydroxylation is 1. The van der Waals surface area contributed by atoms with Gasteiger partial charge < -0.3 is 9.67 Å². The normalized spacial score (nSPS) is 12.5. The van der Waals surface area contributed by atoms with Crippen LogP contribution < -0.4 is 0 Å². The van der Waals surface area contributed by atoms with Crippen molar-refractivity contribution in [3.05, 3.63) is 70.2 Å². The SMILES string of the molecule is Cc1csc(Cn2ccnc2C(O)c2ccccc2)n1. The van der Waals surface area contributed by atoms with Gasteiger partial charge in [0.05, 0.1) is 6.54 Å². The van der Waals surface area contributed by atoms with Crippen LogP contribution in [0.5, 0.6) is 0 Å². The van der Waals surface area contributed by atoms with E-state index in [2.05, 4.69) is 9.97 Å². The van der Waals surface area contributed by atoms with Crippen LogP contribution in [0.4, 0.5) is 0 Å². The van der Waals surface area contributed by atoms with Crippen LogP contribution in [0.3, 0.4) is 0 Å². The summed E-state index contributed by atoms with van der Waals surface area (Å²) >= 11 is 1.62. The molecule has 1 aromatic carbocycles. The fraction of sp³-hybridized carbons (Fsp3) is 0.200. The van der Waals surface area contributed by atoms with Gasteiger partial charge in [-0.15, -0.1) is 11.3 Å². The Morgan fingerprint density at radius 1 is 1.30 bits per heavy atom. The lowest BCUT2D eigenvalue weighted by atomic mass is 10.1. The van der Waals surface area contributed by atoms with Crippen molar-refractivity contribution in [2.45, 2.75) is 19.6 Å². The van der Waals surface area contributed by atoms with E-state index in [4.69, 9.17) is 0 Å². The van der Waals surface area contributed by atoms with Crippen LogP contribution in [0.2, 0.25) is 0 Å². The van der Waals surface area contributed by atoms with Crippen LogP contribution >= 0.6 is 11.3 Å². The van der Waals surface area contributed by atoms with Gasteiger partial charge in [-0.2, -0.15) is 0 Å². The summed E-state index contributed by atoms with van der Waals surface area (Å²) in [5.41, 5.74) is 1.87. The second-order valence-corrected chi connectivity index (χ2v) is 5.55. The van der Waals surface area contributed by atoms with Gasteiger partial charge >= 0.3 is 0 Å². The zero-order valence-electron chi connectivity index (χ0n) is 11.1. The van der Waals surface area contributed by atoms with Crippen molar-refractivity contribution >= 4 is 11.3 Å². The number of aliphatic hydroxyl groups excluding tert-OH is 1. The molecule has 0 saturated heterocycles. The maximum Gasteiger partial charge on any atom is 0.142 e. The molecule has 0 spiro atoms. The third kappa shape index (κ3) is 2.64. The number of benzene rings is 1. The van der Waals surface area contributed by atoms with E-state index >= 15 is 0 Å². The zero-order valence-corrected chi connectivity index (χ0v) is 11.9. The second-order valence-electron chi connectivity index (χ2n) is 4.61. The van der Waals surface area contributed by atoms with Gasteiger partial charge in [0, 0.05) is 23.5 Å². The molecule has 0 aliphatic rings. The Balaban J connectivity index is 1.86. The first kappa shape index (κ1) is 13.0. The van der Waals surface area contributed by atoms with Gasteiger partial charge in [0.15, 0.2) is 0 Å². The monoisotopic (exact) mass is 285 g/mol. The second kappa shape index (κ2) is 5.56. The number of thiazole rings is 1. The van der Waals surface area contributed by atoms with E-state index in [9.17, 15) is 5.11 Å². The topological polar surface area (TPSA) is 50.9 Å². The predicted octanol–water partition coefficient (Wildman–Crippen LogP) is 2.78. The Kier molecular flexibility index (Phi) is 3.62. The standard InChI is InChI=1S/C15H15N3OS/c1-11-10-20-13(17-11)9-18-8-7-16-15(18)14(19)12-5-3-2-4-6-12/h2-8,10,14,19H,9H2,1H3. The van der Waals surface area contributed by atoms with Crippen LogP contribution in [0.15, 0.2) is 48.1 Å². The molecule has 3 rings (SSSR count). The summed E-state index contributed by atoms with van der Waals surface area (Å²) in [6.07, 6.45) is 2.87. The highest BCUT2D eigenvalue weighted by Gasteiger charge is 2.16. The minimum Gasteiger partial charge on any atom is -0.380 e. The molecule has 3 aromatic rings. The number of hydrogen-bond donors (Lipinski definition) is 1. The van der Waals surface area contributed by atoms with E-state index in [1.165, 1.54) is 0 Å². The maximum absolute atomic E-state index is 10.4. The van der Waals surface area contributed by atoms with Gasteiger partial charge in [0.25, 0.3) is 0 Å². The first-order valence-corrected chi connectivity index (χ1v) is 7.27. The highest BCUT2D eigenvalue weighted by molar-refractivity contribution is 7.09. The summed E-state index contributed by atoms with van der Waals surface area (Å²) < 4.78 is 1.94. The van der Waals surface area contributed by atoms with E-state index < -0.39 is 6.10 Å². The molecule has 4 nitrogen and oxygen atoms in total. The summed E-state index contributed by atoms with van der Waals surface area (Å²) in [4.78, 5) is 8.73. The molecule has 0 bridgehead atoms. The molecule has 2 aromatic heterocycles. The number of aliphatic hydroxyl groups is 1. The Labute approximate surface area is 121 Å².